The number of nitrogens with zero attached hydrogens (tertiary/aromatic N) is 2. The van der Waals surface area contributed by atoms with Crippen LogP contribution in [0.1, 0.15) is 0 Å². The standard InChI is InChI=1S/C17H13N5O/c23-16-13-15(20-14(19-13)11-7-3-1-4-8-11)21-17(22-16)18-12-9-5-2-6-10-12/h1-10H,(H3,18,19,20,21,22,23). The van der Waals surface area contributed by atoms with Gasteiger partial charge in [-0.3, -0.25) is 9.78 Å². The highest BCUT2D eigenvalue weighted by Gasteiger charge is 2.11. The summed E-state index contributed by atoms with van der Waals surface area (Å²) in [4.78, 5) is 26.8. The highest BCUT2D eigenvalue weighted by atomic mass is 16.1. The maximum absolute atomic E-state index is 12.2. The minimum absolute atomic E-state index is 0.261. The third kappa shape index (κ3) is 2.57. The molecule has 112 valence electrons. The summed E-state index contributed by atoms with van der Waals surface area (Å²) >= 11 is 0. The molecule has 0 aliphatic carbocycles. The van der Waals surface area contributed by atoms with Gasteiger partial charge < -0.3 is 10.3 Å². The lowest BCUT2D eigenvalue weighted by Gasteiger charge is -2.03. The highest BCUT2D eigenvalue weighted by Crippen LogP contribution is 2.18. The summed E-state index contributed by atoms with van der Waals surface area (Å²) in [7, 11) is 0. The fourth-order valence-electron chi connectivity index (χ4n) is 2.36. The maximum Gasteiger partial charge on any atom is 0.278 e. The number of H-pyrrole nitrogens is 2. The van der Waals surface area contributed by atoms with E-state index in [4.69, 9.17) is 0 Å². The number of hydrogen-bond acceptors (Lipinski definition) is 4. The molecule has 0 bridgehead atoms. The Bertz CT molecular complexity index is 1010. The van der Waals surface area contributed by atoms with Crippen molar-refractivity contribution in [3.63, 3.8) is 0 Å². The summed E-state index contributed by atoms with van der Waals surface area (Å²) in [6, 6.07) is 19.1. The summed E-state index contributed by atoms with van der Waals surface area (Å²) < 4.78 is 0. The molecule has 0 unspecified atom stereocenters. The molecule has 0 atom stereocenters. The van der Waals surface area contributed by atoms with Crippen LogP contribution in [0, 0.1) is 0 Å². The van der Waals surface area contributed by atoms with Gasteiger partial charge >= 0.3 is 0 Å². The summed E-state index contributed by atoms with van der Waals surface area (Å²) in [5.41, 5.74) is 2.23. The second-order valence-corrected chi connectivity index (χ2v) is 5.06. The Kier molecular flexibility index (Phi) is 3.12. The fraction of sp³-hybridized carbons (Fsp3) is 0. The number of fused-ring (bicyclic) bond motifs is 1. The normalized spacial score (nSPS) is 10.8. The topological polar surface area (TPSA) is 86.5 Å². The SMILES string of the molecule is O=c1[nH]c(Nc2ccccc2)nc2nc(-c3ccccc3)[nH]c12. The van der Waals surface area contributed by atoms with Crippen LogP contribution in [0.2, 0.25) is 0 Å². The molecule has 3 N–H and O–H groups in total. The molecule has 2 aromatic heterocycles. The van der Waals surface area contributed by atoms with Crippen LogP contribution in [0.25, 0.3) is 22.6 Å². The molecule has 0 spiro atoms. The summed E-state index contributed by atoms with van der Waals surface area (Å²) in [6.07, 6.45) is 0. The molecule has 2 heterocycles. The number of anilines is 2. The zero-order valence-corrected chi connectivity index (χ0v) is 12.1. The molecule has 0 fully saturated rings. The molecule has 6 nitrogen and oxygen atoms in total. The van der Waals surface area contributed by atoms with Crippen molar-refractivity contribution >= 4 is 22.8 Å². The van der Waals surface area contributed by atoms with Crippen LogP contribution in [-0.4, -0.2) is 19.9 Å². The second kappa shape index (κ2) is 5.42. The number of para-hydroxylation sites is 1. The van der Waals surface area contributed by atoms with Crippen molar-refractivity contribution in [2.45, 2.75) is 0 Å². The average molecular weight is 303 g/mol. The van der Waals surface area contributed by atoms with Gasteiger partial charge in [-0.15, -0.1) is 0 Å². The molecule has 4 aromatic rings. The van der Waals surface area contributed by atoms with E-state index in [1.807, 2.05) is 60.7 Å². The Morgan fingerprint density at radius 3 is 2.26 bits per heavy atom. The lowest BCUT2D eigenvalue weighted by atomic mass is 10.2. The molecule has 0 saturated carbocycles. The van der Waals surface area contributed by atoms with Gasteiger partial charge in [-0.1, -0.05) is 48.5 Å². The minimum atomic E-state index is -0.261. The first kappa shape index (κ1) is 13.3. The number of hydrogen-bond donors (Lipinski definition) is 3. The van der Waals surface area contributed by atoms with Gasteiger partial charge in [-0.05, 0) is 12.1 Å². The first-order valence-corrected chi connectivity index (χ1v) is 7.17. The molecule has 0 aliphatic rings. The Balaban J connectivity index is 1.77. The Labute approximate surface area is 131 Å². The zero-order chi connectivity index (χ0) is 15.6. The van der Waals surface area contributed by atoms with Gasteiger partial charge in [0.25, 0.3) is 5.56 Å². The van der Waals surface area contributed by atoms with E-state index < -0.39 is 0 Å². The van der Waals surface area contributed by atoms with Crippen molar-refractivity contribution in [1.82, 2.24) is 19.9 Å². The Morgan fingerprint density at radius 1 is 0.826 bits per heavy atom. The first-order valence-electron chi connectivity index (χ1n) is 7.17. The quantitative estimate of drug-likeness (QED) is 0.543. The first-order chi connectivity index (χ1) is 11.3. The summed E-state index contributed by atoms with van der Waals surface area (Å²) in [6.45, 7) is 0. The molecule has 4 rings (SSSR count). The number of benzene rings is 2. The lowest BCUT2D eigenvalue weighted by molar-refractivity contribution is 1.15. The summed E-state index contributed by atoms with van der Waals surface area (Å²) in [5, 5.41) is 3.07. The van der Waals surface area contributed by atoms with Gasteiger partial charge in [0, 0.05) is 11.3 Å². The van der Waals surface area contributed by atoms with Gasteiger partial charge in [0.15, 0.2) is 11.2 Å². The Morgan fingerprint density at radius 2 is 1.52 bits per heavy atom. The number of imidazole rings is 1. The van der Waals surface area contributed by atoms with Crippen molar-refractivity contribution in [2.24, 2.45) is 0 Å². The van der Waals surface area contributed by atoms with E-state index in [0.29, 0.717) is 22.9 Å². The molecule has 0 saturated heterocycles. The maximum atomic E-state index is 12.2. The van der Waals surface area contributed by atoms with Crippen LogP contribution in [0.15, 0.2) is 65.5 Å². The molecule has 0 aliphatic heterocycles. The third-order valence-electron chi connectivity index (χ3n) is 3.45. The third-order valence-corrected chi connectivity index (χ3v) is 3.45. The van der Waals surface area contributed by atoms with E-state index in [9.17, 15) is 4.79 Å². The van der Waals surface area contributed by atoms with Crippen LogP contribution in [-0.2, 0) is 0 Å². The van der Waals surface area contributed by atoms with Gasteiger partial charge in [-0.25, -0.2) is 4.98 Å². The van der Waals surface area contributed by atoms with Gasteiger partial charge in [0.2, 0.25) is 5.95 Å². The predicted molar refractivity (Wildman–Crippen MR) is 89.7 cm³/mol. The monoisotopic (exact) mass is 303 g/mol. The minimum Gasteiger partial charge on any atom is -0.332 e. The van der Waals surface area contributed by atoms with E-state index in [1.165, 1.54) is 0 Å². The van der Waals surface area contributed by atoms with E-state index >= 15 is 0 Å². The van der Waals surface area contributed by atoms with Crippen molar-refractivity contribution in [3.05, 3.63) is 71.0 Å². The Hall–Kier alpha value is -3.41. The number of aromatic nitrogens is 4. The second-order valence-electron chi connectivity index (χ2n) is 5.06. The lowest BCUT2D eigenvalue weighted by Crippen LogP contribution is -2.11. The predicted octanol–water partition coefficient (Wildman–Crippen LogP) is 3.06. The largest absolute Gasteiger partial charge is 0.332 e. The number of nitrogens with one attached hydrogen (secondary N) is 3. The average Bonchev–Trinajstić information content (AvgIpc) is 3.01. The van der Waals surface area contributed by atoms with E-state index in [-0.39, 0.29) is 5.56 Å². The molecular formula is C17H13N5O. The van der Waals surface area contributed by atoms with Crippen LogP contribution in [0.3, 0.4) is 0 Å². The van der Waals surface area contributed by atoms with E-state index in [0.717, 1.165) is 11.3 Å². The molecule has 23 heavy (non-hydrogen) atoms. The summed E-state index contributed by atoms with van der Waals surface area (Å²) in [5.74, 6) is 0.982. The van der Waals surface area contributed by atoms with Crippen LogP contribution in [0.4, 0.5) is 11.6 Å². The number of aromatic amines is 2. The fourth-order valence-corrected chi connectivity index (χ4v) is 2.36. The molecular weight excluding hydrogens is 290 g/mol. The molecule has 0 amide bonds. The molecule has 0 radical (unpaired) electrons. The van der Waals surface area contributed by atoms with Crippen molar-refractivity contribution in [3.8, 4) is 11.4 Å². The van der Waals surface area contributed by atoms with Gasteiger partial charge in [-0.2, -0.15) is 4.98 Å². The van der Waals surface area contributed by atoms with E-state index in [1.54, 1.807) is 0 Å². The van der Waals surface area contributed by atoms with Gasteiger partial charge in [0.1, 0.15) is 5.82 Å². The van der Waals surface area contributed by atoms with Crippen LogP contribution in [0.5, 0.6) is 0 Å². The van der Waals surface area contributed by atoms with Crippen molar-refractivity contribution in [1.29, 1.82) is 0 Å². The molecule has 6 heteroatoms. The number of rotatable bonds is 3. The van der Waals surface area contributed by atoms with Crippen LogP contribution >= 0.6 is 0 Å². The van der Waals surface area contributed by atoms with E-state index in [2.05, 4.69) is 25.3 Å². The van der Waals surface area contributed by atoms with Crippen LogP contribution < -0.4 is 10.9 Å². The molecule has 2 aromatic carbocycles. The highest BCUT2D eigenvalue weighted by molar-refractivity contribution is 5.76. The zero-order valence-electron chi connectivity index (χ0n) is 12.1. The van der Waals surface area contributed by atoms with Gasteiger partial charge in [0.05, 0.1) is 0 Å². The van der Waals surface area contributed by atoms with Crippen molar-refractivity contribution in [2.75, 3.05) is 5.32 Å². The van der Waals surface area contributed by atoms with Crippen molar-refractivity contribution < 1.29 is 0 Å². The smallest absolute Gasteiger partial charge is 0.278 e.